The molecule has 1 saturated heterocycles. The van der Waals surface area contributed by atoms with Crippen LogP contribution in [-0.2, 0) is 4.79 Å². The van der Waals surface area contributed by atoms with Crippen LogP contribution in [0, 0.1) is 5.92 Å². The number of hydrogen-bond donors (Lipinski definition) is 1. The number of primary amides is 1. The van der Waals surface area contributed by atoms with E-state index in [1.807, 2.05) is 4.90 Å². The average molecular weight is 295 g/mol. The highest BCUT2D eigenvalue weighted by Gasteiger charge is 2.29. The van der Waals surface area contributed by atoms with Crippen molar-refractivity contribution in [3.05, 3.63) is 34.9 Å². The molecule has 1 aliphatic rings. The number of nitrogens with zero attached hydrogens (tertiary/aromatic N) is 1. The molecule has 108 valence electrons. The van der Waals surface area contributed by atoms with Crippen LogP contribution in [0.1, 0.15) is 30.1 Å². The Morgan fingerprint density at radius 3 is 2.80 bits per heavy atom. The first-order valence-electron chi connectivity index (χ1n) is 6.79. The Morgan fingerprint density at radius 1 is 1.40 bits per heavy atom. The molecular formula is C15H19ClN2O2. The minimum absolute atomic E-state index is 0.0180. The van der Waals surface area contributed by atoms with Crippen molar-refractivity contribution in [1.82, 2.24) is 4.90 Å². The molecule has 20 heavy (non-hydrogen) atoms. The minimum atomic E-state index is -0.280. The van der Waals surface area contributed by atoms with E-state index in [1.165, 1.54) is 0 Å². The van der Waals surface area contributed by atoms with Gasteiger partial charge in [0.15, 0.2) is 5.78 Å². The predicted molar refractivity (Wildman–Crippen MR) is 78.7 cm³/mol. The van der Waals surface area contributed by atoms with Crippen LogP contribution in [-0.4, -0.2) is 35.7 Å². The molecule has 2 unspecified atom stereocenters. The molecule has 0 aromatic heterocycles. The third kappa shape index (κ3) is 3.58. The molecule has 1 heterocycles. The number of ketones is 1. The van der Waals surface area contributed by atoms with Crippen LogP contribution in [0.25, 0.3) is 0 Å². The van der Waals surface area contributed by atoms with Gasteiger partial charge in [0.05, 0.1) is 12.5 Å². The van der Waals surface area contributed by atoms with Crippen molar-refractivity contribution in [3.63, 3.8) is 0 Å². The van der Waals surface area contributed by atoms with E-state index in [4.69, 9.17) is 17.3 Å². The molecular weight excluding hydrogens is 276 g/mol. The number of amides is 1. The Hall–Kier alpha value is -1.39. The first-order chi connectivity index (χ1) is 9.47. The fraction of sp³-hybridized carbons (Fsp3) is 0.467. The summed E-state index contributed by atoms with van der Waals surface area (Å²) < 4.78 is 0. The summed E-state index contributed by atoms with van der Waals surface area (Å²) >= 11 is 5.90. The fourth-order valence-electron chi connectivity index (χ4n) is 2.57. The molecule has 0 saturated carbocycles. The van der Waals surface area contributed by atoms with Gasteiger partial charge in [-0.1, -0.05) is 23.7 Å². The van der Waals surface area contributed by atoms with E-state index < -0.39 is 0 Å². The fourth-order valence-corrected chi connectivity index (χ4v) is 2.76. The molecule has 2 N–H and O–H groups in total. The van der Waals surface area contributed by atoms with Crippen molar-refractivity contribution >= 4 is 23.3 Å². The van der Waals surface area contributed by atoms with Crippen LogP contribution in [0.5, 0.6) is 0 Å². The molecule has 0 radical (unpaired) electrons. The molecule has 2 rings (SSSR count). The Labute approximate surface area is 123 Å². The van der Waals surface area contributed by atoms with E-state index in [2.05, 4.69) is 6.92 Å². The van der Waals surface area contributed by atoms with Gasteiger partial charge in [0.25, 0.3) is 0 Å². The average Bonchev–Trinajstić information content (AvgIpc) is 2.41. The predicted octanol–water partition coefficient (Wildman–Crippen LogP) is 2.11. The molecule has 0 spiro atoms. The van der Waals surface area contributed by atoms with Crippen LogP contribution in [0.4, 0.5) is 0 Å². The number of nitrogens with two attached hydrogens (primary N) is 1. The van der Waals surface area contributed by atoms with Crippen LogP contribution >= 0.6 is 11.6 Å². The lowest BCUT2D eigenvalue weighted by Crippen LogP contribution is -2.47. The summed E-state index contributed by atoms with van der Waals surface area (Å²) in [5.74, 6) is -0.417. The standard InChI is InChI=1S/C15H19ClN2O2/c1-10-5-6-12(15(17)20)8-18(10)9-14(19)11-3-2-4-13(16)7-11/h2-4,7,10,12H,5-6,8-9H2,1H3,(H2,17,20). The molecule has 1 amide bonds. The van der Waals surface area contributed by atoms with E-state index in [0.717, 1.165) is 12.8 Å². The Morgan fingerprint density at radius 2 is 2.15 bits per heavy atom. The van der Waals surface area contributed by atoms with Crippen molar-refractivity contribution in [1.29, 1.82) is 0 Å². The Kier molecular flexibility index (Phi) is 4.78. The van der Waals surface area contributed by atoms with Gasteiger partial charge in [0.1, 0.15) is 0 Å². The molecule has 0 bridgehead atoms. The van der Waals surface area contributed by atoms with E-state index in [0.29, 0.717) is 23.7 Å². The molecule has 2 atom stereocenters. The maximum atomic E-state index is 12.3. The van der Waals surface area contributed by atoms with Gasteiger partial charge in [-0.25, -0.2) is 0 Å². The first-order valence-corrected chi connectivity index (χ1v) is 7.17. The molecule has 1 fully saturated rings. The highest BCUT2D eigenvalue weighted by atomic mass is 35.5. The van der Waals surface area contributed by atoms with Gasteiger partial charge in [-0.2, -0.15) is 0 Å². The summed E-state index contributed by atoms with van der Waals surface area (Å²) in [7, 11) is 0. The third-order valence-corrected chi connectivity index (χ3v) is 4.14. The molecule has 1 aliphatic heterocycles. The number of benzene rings is 1. The quantitative estimate of drug-likeness (QED) is 0.865. The van der Waals surface area contributed by atoms with E-state index in [-0.39, 0.29) is 23.7 Å². The second-order valence-corrected chi connectivity index (χ2v) is 5.83. The zero-order valence-electron chi connectivity index (χ0n) is 11.5. The number of carbonyl (C=O) groups is 2. The maximum Gasteiger partial charge on any atom is 0.221 e. The Balaban J connectivity index is 2.04. The topological polar surface area (TPSA) is 63.4 Å². The smallest absolute Gasteiger partial charge is 0.221 e. The number of likely N-dealkylation sites (tertiary alicyclic amines) is 1. The molecule has 4 nitrogen and oxygen atoms in total. The number of carbonyl (C=O) groups excluding carboxylic acids is 2. The SMILES string of the molecule is CC1CCC(C(N)=O)CN1CC(=O)c1cccc(Cl)c1. The lowest BCUT2D eigenvalue weighted by Gasteiger charge is -2.36. The highest BCUT2D eigenvalue weighted by molar-refractivity contribution is 6.31. The van der Waals surface area contributed by atoms with Crippen molar-refractivity contribution < 1.29 is 9.59 Å². The second-order valence-electron chi connectivity index (χ2n) is 5.39. The summed E-state index contributed by atoms with van der Waals surface area (Å²) in [6.45, 7) is 2.93. The van der Waals surface area contributed by atoms with Gasteiger partial charge < -0.3 is 5.73 Å². The van der Waals surface area contributed by atoms with Crippen molar-refractivity contribution in [3.8, 4) is 0 Å². The first kappa shape index (κ1) is 15.0. The summed E-state index contributed by atoms with van der Waals surface area (Å²) in [6.07, 6.45) is 1.69. The number of hydrogen-bond acceptors (Lipinski definition) is 3. The summed E-state index contributed by atoms with van der Waals surface area (Å²) in [5, 5.41) is 0.553. The van der Waals surface area contributed by atoms with Crippen LogP contribution in [0.2, 0.25) is 5.02 Å². The van der Waals surface area contributed by atoms with Gasteiger partial charge in [-0.05, 0) is 31.9 Å². The van der Waals surface area contributed by atoms with Gasteiger partial charge >= 0.3 is 0 Å². The lowest BCUT2D eigenvalue weighted by atomic mass is 9.92. The number of halogens is 1. The number of rotatable bonds is 4. The lowest BCUT2D eigenvalue weighted by molar-refractivity contribution is -0.123. The van der Waals surface area contributed by atoms with Gasteiger partial charge in [0.2, 0.25) is 5.91 Å². The zero-order chi connectivity index (χ0) is 14.7. The molecule has 1 aromatic rings. The van der Waals surface area contributed by atoms with Crippen LogP contribution in [0.3, 0.4) is 0 Å². The monoisotopic (exact) mass is 294 g/mol. The molecule has 0 aliphatic carbocycles. The second kappa shape index (κ2) is 6.37. The number of Topliss-reactive ketones (excluding diaryl/α,β-unsaturated/α-hetero) is 1. The van der Waals surface area contributed by atoms with Gasteiger partial charge in [-0.15, -0.1) is 0 Å². The molecule has 1 aromatic carbocycles. The van der Waals surface area contributed by atoms with E-state index in [9.17, 15) is 9.59 Å². The van der Waals surface area contributed by atoms with Crippen molar-refractivity contribution in [2.24, 2.45) is 11.7 Å². The normalized spacial score (nSPS) is 23.5. The zero-order valence-corrected chi connectivity index (χ0v) is 12.3. The van der Waals surface area contributed by atoms with Gasteiger partial charge in [-0.3, -0.25) is 14.5 Å². The Bertz CT molecular complexity index is 518. The molecule has 5 heteroatoms. The van der Waals surface area contributed by atoms with Crippen LogP contribution in [0.15, 0.2) is 24.3 Å². The highest BCUT2D eigenvalue weighted by Crippen LogP contribution is 2.22. The summed E-state index contributed by atoms with van der Waals surface area (Å²) in [5.41, 5.74) is 5.97. The maximum absolute atomic E-state index is 12.3. The number of piperidine rings is 1. The largest absolute Gasteiger partial charge is 0.369 e. The summed E-state index contributed by atoms with van der Waals surface area (Å²) in [4.78, 5) is 25.6. The van der Waals surface area contributed by atoms with Gasteiger partial charge in [0, 0.05) is 23.2 Å². The van der Waals surface area contributed by atoms with E-state index >= 15 is 0 Å². The minimum Gasteiger partial charge on any atom is -0.369 e. The summed E-state index contributed by atoms with van der Waals surface area (Å²) in [6, 6.07) is 7.22. The van der Waals surface area contributed by atoms with Crippen LogP contribution < -0.4 is 5.73 Å². The van der Waals surface area contributed by atoms with Crippen molar-refractivity contribution in [2.45, 2.75) is 25.8 Å². The van der Waals surface area contributed by atoms with Crippen molar-refractivity contribution in [2.75, 3.05) is 13.1 Å². The van der Waals surface area contributed by atoms with E-state index in [1.54, 1.807) is 24.3 Å². The third-order valence-electron chi connectivity index (χ3n) is 3.91.